The second kappa shape index (κ2) is 11.3. The van der Waals surface area contributed by atoms with E-state index in [1.807, 2.05) is 29.9 Å². The molecule has 6 nitrogen and oxygen atoms in total. The molecule has 0 aliphatic carbocycles. The summed E-state index contributed by atoms with van der Waals surface area (Å²) in [6, 6.07) is 14.9. The minimum absolute atomic E-state index is 0.0298. The Morgan fingerprint density at radius 3 is 2.73 bits per heavy atom. The number of aliphatic hydroxyl groups is 1. The highest BCUT2D eigenvalue weighted by Crippen LogP contribution is 2.43. The number of fused-ring (bicyclic) bond motifs is 3. The highest BCUT2D eigenvalue weighted by atomic mass is 19.1. The van der Waals surface area contributed by atoms with Crippen LogP contribution in [0.25, 0.3) is 32.8 Å². The maximum Gasteiger partial charge on any atom is 0.127 e. The molecule has 1 aliphatic rings. The predicted octanol–water partition coefficient (Wildman–Crippen LogP) is 7.33. The van der Waals surface area contributed by atoms with Crippen LogP contribution in [0.3, 0.4) is 0 Å². The molecule has 6 rings (SSSR count). The first-order chi connectivity index (χ1) is 19.9. The van der Waals surface area contributed by atoms with E-state index in [0.29, 0.717) is 19.8 Å². The lowest BCUT2D eigenvalue weighted by molar-refractivity contribution is 0.114. The monoisotopic (exact) mass is 555 g/mol. The summed E-state index contributed by atoms with van der Waals surface area (Å²) in [6.07, 6.45) is 2.69. The van der Waals surface area contributed by atoms with E-state index in [0.717, 1.165) is 65.0 Å². The number of hydrogen-bond donors (Lipinski definition) is 1. The Balaban J connectivity index is 1.41. The van der Waals surface area contributed by atoms with Gasteiger partial charge in [-0.05, 0) is 79.8 Å². The standard InChI is InChI=1S/C34H38FN3O3/c1-21-10-12-27-31(22(2)14-17-41-30-9-7-8-24-18-25(35)11-13-26(24)30)29(19-39)38-15-5-6-16-40-20-28-33(32(21)34(27)38)23(3)37(4)36-28/h7-13,18,22,39H,5-6,14-17,19-20H2,1-4H3. The zero-order valence-electron chi connectivity index (χ0n) is 24.3. The van der Waals surface area contributed by atoms with Gasteiger partial charge in [0.25, 0.3) is 0 Å². The Bertz CT molecular complexity index is 1740. The van der Waals surface area contributed by atoms with E-state index in [1.54, 1.807) is 6.07 Å². The Hall–Kier alpha value is -3.68. The van der Waals surface area contributed by atoms with E-state index in [1.165, 1.54) is 39.7 Å². The Morgan fingerprint density at radius 2 is 1.90 bits per heavy atom. The Morgan fingerprint density at radius 1 is 1.07 bits per heavy atom. The lowest BCUT2D eigenvalue weighted by atomic mass is 9.91. The van der Waals surface area contributed by atoms with Gasteiger partial charge < -0.3 is 19.1 Å². The van der Waals surface area contributed by atoms with Crippen LogP contribution >= 0.6 is 0 Å². The minimum Gasteiger partial charge on any atom is -0.493 e. The highest BCUT2D eigenvalue weighted by Gasteiger charge is 2.27. The molecule has 0 amide bonds. The highest BCUT2D eigenvalue weighted by molar-refractivity contribution is 6.00. The summed E-state index contributed by atoms with van der Waals surface area (Å²) < 4.78 is 30.3. The lowest BCUT2D eigenvalue weighted by Crippen LogP contribution is -2.09. The quantitative estimate of drug-likeness (QED) is 0.238. The molecule has 0 radical (unpaired) electrons. The van der Waals surface area contributed by atoms with Crippen LogP contribution in [0.1, 0.15) is 60.3 Å². The lowest BCUT2D eigenvalue weighted by Gasteiger charge is -2.16. The topological polar surface area (TPSA) is 61.4 Å². The fourth-order valence-electron chi connectivity index (χ4n) is 6.49. The van der Waals surface area contributed by atoms with Crippen molar-refractivity contribution in [3.63, 3.8) is 0 Å². The number of nitrogens with zero attached hydrogens (tertiary/aromatic N) is 3. The van der Waals surface area contributed by atoms with Crippen molar-refractivity contribution in [2.45, 2.75) is 65.7 Å². The van der Waals surface area contributed by atoms with Crippen molar-refractivity contribution in [1.29, 1.82) is 0 Å². The molecule has 1 N–H and O–H groups in total. The summed E-state index contributed by atoms with van der Waals surface area (Å²) in [5.74, 6) is 0.654. The van der Waals surface area contributed by atoms with Crippen LogP contribution in [0.4, 0.5) is 4.39 Å². The normalized spacial score (nSPS) is 14.7. The van der Waals surface area contributed by atoms with Gasteiger partial charge in [-0.1, -0.05) is 31.2 Å². The molecule has 214 valence electrons. The summed E-state index contributed by atoms with van der Waals surface area (Å²) in [6.45, 7) is 8.97. The van der Waals surface area contributed by atoms with Gasteiger partial charge in [0.05, 0.1) is 31.0 Å². The molecule has 0 fully saturated rings. The van der Waals surface area contributed by atoms with Gasteiger partial charge in [-0.25, -0.2) is 4.39 Å². The zero-order valence-corrected chi connectivity index (χ0v) is 24.3. The van der Waals surface area contributed by atoms with E-state index in [2.05, 4.69) is 37.5 Å². The van der Waals surface area contributed by atoms with Crippen LogP contribution in [0, 0.1) is 19.7 Å². The van der Waals surface area contributed by atoms with Crippen molar-refractivity contribution in [1.82, 2.24) is 14.3 Å². The largest absolute Gasteiger partial charge is 0.493 e. The average molecular weight is 556 g/mol. The van der Waals surface area contributed by atoms with Crippen LogP contribution in [-0.2, 0) is 31.5 Å². The molecule has 5 aromatic rings. The number of aryl methyl sites for hydroxylation is 3. The molecule has 0 spiro atoms. The predicted molar refractivity (Wildman–Crippen MR) is 161 cm³/mol. The fraction of sp³-hybridized carbons (Fsp3) is 0.382. The van der Waals surface area contributed by atoms with Gasteiger partial charge in [-0.2, -0.15) is 5.10 Å². The molecule has 1 unspecified atom stereocenters. The number of aliphatic hydroxyl groups excluding tert-OH is 1. The molecule has 1 atom stereocenters. The van der Waals surface area contributed by atoms with Gasteiger partial charge in [0.1, 0.15) is 11.6 Å². The molecule has 0 saturated heterocycles. The van der Waals surface area contributed by atoms with E-state index >= 15 is 0 Å². The van der Waals surface area contributed by atoms with E-state index < -0.39 is 0 Å². The van der Waals surface area contributed by atoms with E-state index in [9.17, 15) is 9.50 Å². The molecule has 41 heavy (non-hydrogen) atoms. The minimum atomic E-state index is -0.252. The van der Waals surface area contributed by atoms with Gasteiger partial charge >= 0.3 is 0 Å². The van der Waals surface area contributed by atoms with Crippen LogP contribution < -0.4 is 4.74 Å². The Labute approximate surface area is 240 Å². The average Bonchev–Trinajstić information content (AvgIpc) is 3.41. The second-order valence-electron chi connectivity index (χ2n) is 11.3. The van der Waals surface area contributed by atoms with Crippen molar-refractivity contribution in [3.8, 4) is 16.9 Å². The number of aromatic nitrogens is 3. The molecule has 0 bridgehead atoms. The second-order valence-corrected chi connectivity index (χ2v) is 11.3. The first-order valence-corrected chi connectivity index (χ1v) is 14.6. The molecule has 7 heteroatoms. The summed E-state index contributed by atoms with van der Waals surface area (Å²) in [5.41, 5.74) is 8.90. The van der Waals surface area contributed by atoms with Crippen molar-refractivity contribution >= 4 is 21.7 Å². The molecule has 3 aromatic carbocycles. The molecule has 0 saturated carbocycles. The van der Waals surface area contributed by atoms with E-state index in [4.69, 9.17) is 14.6 Å². The van der Waals surface area contributed by atoms with Crippen LogP contribution in [-0.4, -0.2) is 32.7 Å². The summed E-state index contributed by atoms with van der Waals surface area (Å²) in [7, 11) is 1.99. The third kappa shape index (κ3) is 4.91. The number of ether oxygens (including phenoxy) is 2. The van der Waals surface area contributed by atoms with Crippen molar-refractivity contribution in [2.24, 2.45) is 7.05 Å². The summed E-state index contributed by atoms with van der Waals surface area (Å²) >= 11 is 0. The summed E-state index contributed by atoms with van der Waals surface area (Å²) in [4.78, 5) is 0. The smallest absolute Gasteiger partial charge is 0.127 e. The maximum atomic E-state index is 13.7. The first kappa shape index (κ1) is 27.5. The maximum absolute atomic E-state index is 13.7. The third-order valence-electron chi connectivity index (χ3n) is 8.65. The molecule has 3 heterocycles. The molecular formula is C34H38FN3O3. The number of halogens is 1. The van der Waals surface area contributed by atoms with Gasteiger partial charge in [0.2, 0.25) is 0 Å². The summed E-state index contributed by atoms with van der Waals surface area (Å²) in [5, 5.41) is 18.5. The van der Waals surface area contributed by atoms with Crippen LogP contribution in [0.15, 0.2) is 48.5 Å². The van der Waals surface area contributed by atoms with Crippen molar-refractivity contribution < 1.29 is 19.0 Å². The Kier molecular flexibility index (Phi) is 7.58. The van der Waals surface area contributed by atoms with Gasteiger partial charge in [0.15, 0.2) is 0 Å². The first-order valence-electron chi connectivity index (χ1n) is 14.6. The SMILES string of the molecule is Cc1ccc2c(C(C)CCOc3cccc4cc(F)ccc34)c(CO)n3c2c1-c1c(nn(C)c1C)COCCCC3. The van der Waals surface area contributed by atoms with Crippen molar-refractivity contribution in [3.05, 3.63) is 82.6 Å². The van der Waals surface area contributed by atoms with E-state index in [-0.39, 0.29) is 18.3 Å². The zero-order chi connectivity index (χ0) is 28.7. The van der Waals surface area contributed by atoms with Gasteiger partial charge in [0, 0.05) is 53.5 Å². The molecule has 2 aromatic heterocycles. The molecule has 1 aliphatic heterocycles. The van der Waals surface area contributed by atoms with Gasteiger partial charge in [-0.15, -0.1) is 0 Å². The molecular weight excluding hydrogens is 517 g/mol. The number of rotatable bonds is 6. The van der Waals surface area contributed by atoms with Crippen LogP contribution in [0.2, 0.25) is 0 Å². The number of benzene rings is 3. The van der Waals surface area contributed by atoms with Crippen molar-refractivity contribution in [2.75, 3.05) is 13.2 Å². The van der Waals surface area contributed by atoms with Crippen LogP contribution in [0.5, 0.6) is 5.75 Å². The number of hydrogen-bond acceptors (Lipinski definition) is 4. The fourth-order valence-corrected chi connectivity index (χ4v) is 6.49. The third-order valence-corrected chi connectivity index (χ3v) is 8.65. The van der Waals surface area contributed by atoms with Gasteiger partial charge in [-0.3, -0.25) is 4.68 Å².